The van der Waals surface area contributed by atoms with Gasteiger partial charge in [-0.3, -0.25) is 14.5 Å². The Bertz CT molecular complexity index is 882. The van der Waals surface area contributed by atoms with Gasteiger partial charge in [0, 0.05) is 5.56 Å². The number of aromatic amines is 1. The van der Waals surface area contributed by atoms with Gasteiger partial charge in [0.2, 0.25) is 5.91 Å². The van der Waals surface area contributed by atoms with Crippen LogP contribution >= 0.6 is 12.2 Å². The molecule has 130 valence electrons. The van der Waals surface area contributed by atoms with Gasteiger partial charge in [0.1, 0.15) is 18.1 Å². The molecule has 2 aromatic heterocycles. The maximum Gasteiger partial charge on any atom is 0.240 e. The number of carbonyl (C=O) groups is 1. The van der Waals surface area contributed by atoms with E-state index in [1.54, 1.807) is 23.0 Å². The number of rotatable bonds is 7. The van der Waals surface area contributed by atoms with Crippen molar-refractivity contribution in [3.63, 3.8) is 0 Å². The van der Waals surface area contributed by atoms with Gasteiger partial charge in [0.05, 0.1) is 19.4 Å². The highest BCUT2D eigenvalue weighted by Gasteiger charge is 2.12. The minimum atomic E-state index is -0.180. The Morgan fingerprint density at radius 2 is 2.16 bits per heavy atom. The van der Waals surface area contributed by atoms with E-state index in [2.05, 4.69) is 15.5 Å². The zero-order chi connectivity index (χ0) is 17.6. The lowest BCUT2D eigenvalue weighted by molar-refractivity contribution is -0.121. The van der Waals surface area contributed by atoms with Gasteiger partial charge < -0.3 is 14.5 Å². The maximum atomic E-state index is 12.2. The summed E-state index contributed by atoms with van der Waals surface area (Å²) < 4.78 is 12.7. The van der Waals surface area contributed by atoms with E-state index in [0.29, 0.717) is 29.5 Å². The number of H-pyrrole nitrogens is 1. The molecule has 1 aromatic carbocycles. The van der Waals surface area contributed by atoms with Gasteiger partial charge in [-0.2, -0.15) is 5.10 Å². The third-order valence-corrected chi connectivity index (χ3v) is 3.84. The molecule has 25 heavy (non-hydrogen) atoms. The number of carbonyl (C=O) groups excluding carboxylic acids is 1. The summed E-state index contributed by atoms with van der Waals surface area (Å²) in [5, 5.41) is 9.76. The first-order valence-corrected chi connectivity index (χ1v) is 8.25. The van der Waals surface area contributed by atoms with E-state index in [1.807, 2.05) is 31.2 Å². The van der Waals surface area contributed by atoms with Gasteiger partial charge in [-0.1, -0.05) is 0 Å². The van der Waals surface area contributed by atoms with Crippen molar-refractivity contribution >= 4 is 18.1 Å². The van der Waals surface area contributed by atoms with Crippen LogP contribution in [0.3, 0.4) is 0 Å². The number of hydrogen-bond donors (Lipinski definition) is 2. The number of benzene rings is 1. The van der Waals surface area contributed by atoms with Gasteiger partial charge in [-0.05, 0) is 55.5 Å². The van der Waals surface area contributed by atoms with Gasteiger partial charge in [0.25, 0.3) is 0 Å². The van der Waals surface area contributed by atoms with Crippen LogP contribution in [-0.4, -0.2) is 27.3 Å². The lowest BCUT2D eigenvalue weighted by atomic mass is 10.2. The van der Waals surface area contributed by atoms with Crippen LogP contribution in [0.15, 0.2) is 47.1 Å². The van der Waals surface area contributed by atoms with E-state index in [-0.39, 0.29) is 12.5 Å². The van der Waals surface area contributed by atoms with E-state index in [9.17, 15) is 4.79 Å². The lowest BCUT2D eigenvalue weighted by Gasteiger charge is -2.08. The largest absolute Gasteiger partial charge is 0.494 e. The Hall–Kier alpha value is -2.87. The molecule has 0 unspecified atom stereocenters. The van der Waals surface area contributed by atoms with Gasteiger partial charge >= 0.3 is 0 Å². The summed E-state index contributed by atoms with van der Waals surface area (Å²) in [5.41, 5.74) is 0.842. The van der Waals surface area contributed by atoms with Crippen molar-refractivity contribution < 1.29 is 13.9 Å². The van der Waals surface area contributed by atoms with Crippen LogP contribution in [0.5, 0.6) is 5.75 Å². The molecule has 0 radical (unpaired) electrons. The molecule has 0 aliphatic carbocycles. The van der Waals surface area contributed by atoms with Crippen LogP contribution in [0, 0.1) is 4.77 Å². The zero-order valence-electron chi connectivity index (χ0n) is 13.7. The Morgan fingerprint density at radius 3 is 2.84 bits per heavy atom. The summed E-state index contributed by atoms with van der Waals surface area (Å²) in [7, 11) is 0. The number of furan rings is 1. The molecule has 2 N–H and O–H groups in total. The Labute approximate surface area is 149 Å². The van der Waals surface area contributed by atoms with Gasteiger partial charge in [0.15, 0.2) is 10.6 Å². The molecule has 0 aliphatic heterocycles. The molecule has 7 nitrogen and oxygen atoms in total. The molecule has 0 bridgehead atoms. The van der Waals surface area contributed by atoms with Gasteiger partial charge in [-0.25, -0.2) is 0 Å². The fraction of sp³-hybridized carbons (Fsp3) is 0.235. The summed E-state index contributed by atoms with van der Waals surface area (Å²) in [5.74, 6) is 1.89. The van der Waals surface area contributed by atoms with Crippen LogP contribution in [0.4, 0.5) is 0 Å². The Morgan fingerprint density at radius 1 is 1.36 bits per heavy atom. The number of nitrogens with zero attached hydrogens (tertiary/aromatic N) is 2. The quantitative estimate of drug-likeness (QED) is 0.634. The highest BCUT2D eigenvalue weighted by atomic mass is 32.1. The summed E-state index contributed by atoms with van der Waals surface area (Å²) in [6, 6.07) is 11.1. The molecule has 3 rings (SSSR count). The first-order valence-electron chi connectivity index (χ1n) is 7.85. The number of hydrogen-bond acceptors (Lipinski definition) is 5. The maximum absolute atomic E-state index is 12.2. The van der Waals surface area contributed by atoms with Crippen LogP contribution in [-0.2, 0) is 17.9 Å². The van der Waals surface area contributed by atoms with E-state index in [1.165, 1.54) is 0 Å². The number of aromatic nitrogens is 3. The molecular formula is C17H18N4O3S. The van der Waals surface area contributed by atoms with Crippen molar-refractivity contribution in [1.82, 2.24) is 20.1 Å². The predicted molar refractivity (Wildman–Crippen MR) is 94.6 cm³/mol. The van der Waals surface area contributed by atoms with Crippen LogP contribution < -0.4 is 10.1 Å². The highest BCUT2D eigenvalue weighted by Crippen LogP contribution is 2.21. The van der Waals surface area contributed by atoms with Crippen molar-refractivity contribution in [1.29, 1.82) is 0 Å². The third-order valence-electron chi connectivity index (χ3n) is 3.52. The van der Waals surface area contributed by atoms with E-state index in [4.69, 9.17) is 21.4 Å². The molecule has 0 aliphatic rings. The molecule has 3 aromatic rings. The van der Waals surface area contributed by atoms with Crippen LogP contribution in [0.2, 0.25) is 0 Å². The number of nitrogens with one attached hydrogen (secondary N) is 2. The highest BCUT2D eigenvalue weighted by molar-refractivity contribution is 7.71. The van der Waals surface area contributed by atoms with Crippen molar-refractivity contribution in [2.75, 3.05) is 6.61 Å². The standard InChI is InChI=1S/C17H18N4O3S/c1-2-23-13-7-5-12(6-8-13)16-19-20-17(25)21(16)11-15(22)18-10-14-4-3-9-24-14/h3-9H,2,10-11H2,1H3,(H,18,22)(H,20,25). The molecule has 2 heterocycles. The SMILES string of the molecule is CCOc1ccc(-c2n[nH]c(=S)n2CC(=O)NCc2ccco2)cc1. The summed E-state index contributed by atoms with van der Waals surface area (Å²) >= 11 is 5.24. The van der Waals surface area contributed by atoms with E-state index in [0.717, 1.165) is 11.3 Å². The second-order valence-electron chi connectivity index (χ2n) is 5.25. The monoisotopic (exact) mass is 358 g/mol. The molecule has 0 atom stereocenters. The minimum Gasteiger partial charge on any atom is -0.494 e. The number of amides is 1. The molecule has 0 spiro atoms. The van der Waals surface area contributed by atoms with Crippen molar-refractivity contribution in [2.45, 2.75) is 20.0 Å². The van der Waals surface area contributed by atoms with Gasteiger partial charge in [-0.15, -0.1) is 0 Å². The molecule has 0 fully saturated rings. The number of ether oxygens (including phenoxy) is 1. The molecular weight excluding hydrogens is 340 g/mol. The molecule has 0 saturated heterocycles. The smallest absolute Gasteiger partial charge is 0.240 e. The second kappa shape index (κ2) is 7.80. The Balaban J connectivity index is 1.72. The molecule has 0 saturated carbocycles. The van der Waals surface area contributed by atoms with E-state index >= 15 is 0 Å². The first kappa shape index (κ1) is 17.0. The first-order chi connectivity index (χ1) is 12.2. The average molecular weight is 358 g/mol. The van der Waals surface area contributed by atoms with Crippen molar-refractivity contribution in [3.05, 3.63) is 53.2 Å². The van der Waals surface area contributed by atoms with E-state index < -0.39 is 0 Å². The van der Waals surface area contributed by atoms with Crippen LogP contribution in [0.25, 0.3) is 11.4 Å². The predicted octanol–water partition coefficient (Wildman–Crippen LogP) is 2.92. The fourth-order valence-electron chi connectivity index (χ4n) is 2.35. The topological polar surface area (TPSA) is 85.1 Å². The summed E-state index contributed by atoms with van der Waals surface area (Å²) in [6.07, 6.45) is 1.57. The summed E-state index contributed by atoms with van der Waals surface area (Å²) in [4.78, 5) is 12.2. The van der Waals surface area contributed by atoms with Crippen LogP contribution in [0.1, 0.15) is 12.7 Å². The molecule has 1 amide bonds. The minimum absolute atomic E-state index is 0.0680. The summed E-state index contributed by atoms with van der Waals surface area (Å²) in [6.45, 7) is 2.93. The second-order valence-corrected chi connectivity index (χ2v) is 5.64. The molecule has 8 heteroatoms. The average Bonchev–Trinajstić information content (AvgIpc) is 3.25. The third kappa shape index (κ3) is 4.16. The lowest BCUT2D eigenvalue weighted by Crippen LogP contribution is -2.27. The normalized spacial score (nSPS) is 10.6. The van der Waals surface area contributed by atoms with Crippen molar-refractivity contribution in [3.8, 4) is 17.1 Å². The fourth-order valence-corrected chi connectivity index (χ4v) is 2.55. The Kier molecular flexibility index (Phi) is 5.30. The van der Waals surface area contributed by atoms with Crippen molar-refractivity contribution in [2.24, 2.45) is 0 Å². The zero-order valence-corrected chi connectivity index (χ0v) is 14.5.